The maximum absolute atomic E-state index is 4.70. The van der Waals surface area contributed by atoms with E-state index in [1.165, 1.54) is 17.6 Å². The van der Waals surface area contributed by atoms with Gasteiger partial charge in [0, 0.05) is 12.1 Å². The van der Waals surface area contributed by atoms with Crippen LogP contribution in [0.15, 0.2) is 40.4 Å². The van der Waals surface area contributed by atoms with E-state index in [9.17, 15) is 0 Å². The summed E-state index contributed by atoms with van der Waals surface area (Å²) in [5.41, 5.74) is 2.98. The Labute approximate surface area is 78.6 Å². The van der Waals surface area contributed by atoms with E-state index in [1.54, 1.807) is 0 Å². The number of hydrogen-bond donors (Lipinski definition) is 0. The van der Waals surface area contributed by atoms with Crippen molar-refractivity contribution >= 4 is 6.21 Å². The number of allylic oxidation sites excluding steroid dienone is 3. The van der Waals surface area contributed by atoms with E-state index in [0.717, 1.165) is 6.42 Å². The Bertz CT molecular complexity index is 371. The third-order valence-corrected chi connectivity index (χ3v) is 3.31. The van der Waals surface area contributed by atoms with Crippen molar-refractivity contribution in [2.75, 3.05) is 0 Å². The van der Waals surface area contributed by atoms with Gasteiger partial charge in [0.2, 0.25) is 0 Å². The van der Waals surface area contributed by atoms with Crippen LogP contribution in [0.4, 0.5) is 0 Å². The lowest BCUT2D eigenvalue weighted by Crippen LogP contribution is -2.17. The number of rotatable bonds is 1. The Hall–Kier alpha value is -1.11. The molecule has 1 fully saturated rings. The van der Waals surface area contributed by atoms with Gasteiger partial charge < -0.3 is 0 Å². The molecule has 1 spiro atoms. The van der Waals surface area contributed by atoms with E-state index in [4.69, 9.17) is 4.99 Å². The molecule has 3 aliphatic rings. The molecule has 13 heavy (non-hydrogen) atoms. The first-order chi connectivity index (χ1) is 6.35. The molecule has 66 valence electrons. The van der Waals surface area contributed by atoms with Gasteiger partial charge in [0.1, 0.15) is 0 Å². The third kappa shape index (κ3) is 0.846. The highest BCUT2D eigenvalue weighted by atomic mass is 15.0. The zero-order valence-electron chi connectivity index (χ0n) is 7.83. The van der Waals surface area contributed by atoms with Gasteiger partial charge in [-0.25, -0.2) is 0 Å². The molecule has 3 rings (SSSR count). The summed E-state index contributed by atoms with van der Waals surface area (Å²) >= 11 is 0. The van der Waals surface area contributed by atoms with Gasteiger partial charge in [-0.1, -0.05) is 31.2 Å². The number of hydrogen-bond acceptors (Lipinski definition) is 1. The van der Waals surface area contributed by atoms with Gasteiger partial charge in [-0.15, -0.1) is 0 Å². The first kappa shape index (κ1) is 7.31. The first-order valence-corrected chi connectivity index (χ1v) is 5.00. The van der Waals surface area contributed by atoms with Gasteiger partial charge in [0.05, 0.1) is 5.54 Å². The molecular formula is C12H13N. The minimum absolute atomic E-state index is 0.188. The van der Waals surface area contributed by atoms with Crippen molar-refractivity contribution in [1.82, 2.24) is 0 Å². The second-order valence-corrected chi connectivity index (χ2v) is 4.07. The molecule has 0 saturated heterocycles. The maximum Gasteiger partial charge on any atom is 0.0926 e. The zero-order chi connectivity index (χ0) is 8.89. The predicted octanol–water partition coefficient (Wildman–Crippen LogP) is 2.66. The van der Waals surface area contributed by atoms with Crippen molar-refractivity contribution in [2.24, 2.45) is 10.9 Å². The quantitative estimate of drug-likeness (QED) is 0.575. The third-order valence-electron chi connectivity index (χ3n) is 3.31. The maximum atomic E-state index is 4.70. The number of nitrogens with zero attached hydrogens (tertiary/aromatic N) is 1. The SMILES string of the molecule is CCC1=CC2=CC=CC3CC23N=C1. The predicted molar refractivity (Wildman–Crippen MR) is 54.9 cm³/mol. The highest BCUT2D eigenvalue weighted by Gasteiger charge is 2.56. The van der Waals surface area contributed by atoms with Crippen LogP contribution in [0.3, 0.4) is 0 Å². The summed E-state index contributed by atoms with van der Waals surface area (Å²) in [5, 5.41) is 0. The topological polar surface area (TPSA) is 12.4 Å². The Morgan fingerprint density at radius 2 is 2.54 bits per heavy atom. The van der Waals surface area contributed by atoms with Gasteiger partial charge in [-0.2, -0.15) is 0 Å². The van der Waals surface area contributed by atoms with Gasteiger partial charge in [0.25, 0.3) is 0 Å². The van der Waals surface area contributed by atoms with E-state index in [0.29, 0.717) is 5.92 Å². The van der Waals surface area contributed by atoms with Crippen molar-refractivity contribution in [2.45, 2.75) is 25.3 Å². The highest BCUT2D eigenvalue weighted by Crippen LogP contribution is 2.56. The van der Waals surface area contributed by atoms with Crippen LogP contribution in [-0.2, 0) is 0 Å². The molecule has 0 aromatic heterocycles. The average molecular weight is 171 g/mol. The van der Waals surface area contributed by atoms with Crippen molar-refractivity contribution in [1.29, 1.82) is 0 Å². The Balaban J connectivity index is 2.06. The fourth-order valence-electron chi connectivity index (χ4n) is 2.30. The fraction of sp³-hybridized carbons (Fsp3) is 0.417. The fourth-order valence-corrected chi connectivity index (χ4v) is 2.30. The van der Waals surface area contributed by atoms with Crippen LogP contribution < -0.4 is 0 Å². The lowest BCUT2D eigenvalue weighted by atomic mass is 9.93. The molecule has 1 aliphatic heterocycles. The molecule has 0 aromatic carbocycles. The van der Waals surface area contributed by atoms with Crippen molar-refractivity contribution in [3.8, 4) is 0 Å². The van der Waals surface area contributed by atoms with E-state index in [1.807, 2.05) is 0 Å². The molecule has 1 heteroatoms. The summed E-state index contributed by atoms with van der Waals surface area (Å²) in [4.78, 5) is 4.70. The van der Waals surface area contributed by atoms with Crippen molar-refractivity contribution in [3.05, 3.63) is 35.5 Å². The average Bonchev–Trinajstić information content (AvgIpc) is 2.88. The first-order valence-electron chi connectivity index (χ1n) is 5.00. The smallest absolute Gasteiger partial charge is 0.0926 e. The summed E-state index contributed by atoms with van der Waals surface area (Å²) in [6.07, 6.45) is 13.4. The molecule has 2 unspecified atom stereocenters. The van der Waals surface area contributed by atoms with E-state index < -0.39 is 0 Å². The zero-order valence-corrected chi connectivity index (χ0v) is 7.83. The molecule has 2 aliphatic carbocycles. The molecule has 1 saturated carbocycles. The van der Waals surface area contributed by atoms with Crippen LogP contribution in [0, 0.1) is 5.92 Å². The lowest BCUT2D eigenvalue weighted by molar-refractivity contribution is 0.754. The Kier molecular flexibility index (Phi) is 1.25. The molecule has 1 nitrogen and oxygen atoms in total. The van der Waals surface area contributed by atoms with Crippen LogP contribution >= 0.6 is 0 Å². The summed E-state index contributed by atoms with van der Waals surface area (Å²) < 4.78 is 0. The molecule has 0 N–H and O–H groups in total. The summed E-state index contributed by atoms with van der Waals surface area (Å²) in [7, 11) is 0. The highest BCUT2D eigenvalue weighted by molar-refractivity contribution is 5.83. The number of aliphatic imine (C=N–C) groups is 1. The molecule has 0 aromatic rings. The standard InChI is InChI=1S/C12H13N/c1-2-9-6-10-4-3-5-11-7-12(10,11)13-8-9/h3-6,8,11H,2,7H2,1H3. The van der Waals surface area contributed by atoms with Crippen LogP contribution in [0.1, 0.15) is 19.8 Å². The number of dihydropyridines is 1. The van der Waals surface area contributed by atoms with Crippen LogP contribution in [0.2, 0.25) is 0 Å². The van der Waals surface area contributed by atoms with Gasteiger partial charge in [-0.05, 0) is 24.0 Å². The largest absolute Gasteiger partial charge is 0.281 e. The van der Waals surface area contributed by atoms with Crippen LogP contribution in [0.25, 0.3) is 0 Å². The molecule has 2 atom stereocenters. The molecule has 0 bridgehead atoms. The molecular weight excluding hydrogens is 158 g/mol. The summed E-state index contributed by atoms with van der Waals surface area (Å²) in [6, 6.07) is 0. The molecule has 0 amide bonds. The minimum atomic E-state index is 0.188. The minimum Gasteiger partial charge on any atom is -0.281 e. The lowest BCUT2D eigenvalue weighted by Gasteiger charge is -2.20. The van der Waals surface area contributed by atoms with Crippen molar-refractivity contribution in [3.63, 3.8) is 0 Å². The molecule has 1 heterocycles. The van der Waals surface area contributed by atoms with Gasteiger partial charge in [0.15, 0.2) is 0 Å². The van der Waals surface area contributed by atoms with E-state index in [2.05, 4.69) is 37.4 Å². The monoisotopic (exact) mass is 171 g/mol. The van der Waals surface area contributed by atoms with E-state index >= 15 is 0 Å². The van der Waals surface area contributed by atoms with Gasteiger partial charge >= 0.3 is 0 Å². The van der Waals surface area contributed by atoms with Crippen LogP contribution in [-0.4, -0.2) is 11.8 Å². The molecule has 0 radical (unpaired) electrons. The Morgan fingerprint density at radius 3 is 3.38 bits per heavy atom. The van der Waals surface area contributed by atoms with Gasteiger partial charge in [-0.3, -0.25) is 4.99 Å². The second kappa shape index (κ2) is 2.22. The second-order valence-electron chi connectivity index (χ2n) is 4.07. The van der Waals surface area contributed by atoms with Crippen molar-refractivity contribution < 1.29 is 0 Å². The summed E-state index contributed by atoms with van der Waals surface area (Å²) in [6.45, 7) is 2.18. The summed E-state index contributed by atoms with van der Waals surface area (Å²) in [5.74, 6) is 0.693. The van der Waals surface area contributed by atoms with E-state index in [-0.39, 0.29) is 5.54 Å². The Morgan fingerprint density at radius 1 is 1.62 bits per heavy atom. The normalized spacial score (nSPS) is 39.0. The van der Waals surface area contributed by atoms with Crippen LogP contribution in [0.5, 0.6) is 0 Å².